The maximum absolute atomic E-state index is 13.4. The number of nitrogens with one attached hydrogen (secondary N) is 1. The normalized spacial score (nSPS) is 12.3. The van der Waals surface area contributed by atoms with Crippen molar-refractivity contribution < 1.29 is 13.9 Å². The van der Waals surface area contributed by atoms with Crippen molar-refractivity contribution in [2.45, 2.75) is 40.3 Å². The topological polar surface area (TPSA) is 38.3 Å². The zero-order valence-electron chi connectivity index (χ0n) is 11.3. The zero-order valence-corrected chi connectivity index (χ0v) is 11.3. The van der Waals surface area contributed by atoms with Gasteiger partial charge in [0, 0.05) is 6.54 Å². The first kappa shape index (κ1) is 14.6. The second kappa shape index (κ2) is 6.50. The minimum atomic E-state index is -0.365. The first-order valence-electron chi connectivity index (χ1n) is 6.11. The van der Waals surface area contributed by atoms with E-state index in [1.165, 1.54) is 0 Å². The Morgan fingerprint density at radius 2 is 1.94 bits per heavy atom. The molecule has 0 heterocycles. The standard InChI is InChI=1S/C14H20FNO2/c1-5-18-14(17)11(4)16-8-12-6-9(2)13(15)10(3)7-12/h6-7,11,16H,5,8H2,1-4H3. The Balaban J connectivity index is 2.61. The molecule has 100 valence electrons. The van der Waals surface area contributed by atoms with Crippen LogP contribution in [0.3, 0.4) is 0 Å². The van der Waals surface area contributed by atoms with Gasteiger partial charge in [-0.2, -0.15) is 0 Å². The summed E-state index contributed by atoms with van der Waals surface area (Å²) in [5.41, 5.74) is 2.20. The molecule has 1 aromatic rings. The summed E-state index contributed by atoms with van der Waals surface area (Å²) in [6, 6.07) is 3.20. The molecule has 1 atom stereocenters. The highest BCUT2D eigenvalue weighted by Crippen LogP contribution is 2.14. The molecule has 18 heavy (non-hydrogen) atoms. The Labute approximate surface area is 107 Å². The van der Waals surface area contributed by atoms with E-state index in [1.807, 2.05) is 0 Å². The van der Waals surface area contributed by atoms with Gasteiger partial charge < -0.3 is 10.1 Å². The molecule has 0 aromatic heterocycles. The van der Waals surface area contributed by atoms with Crippen LogP contribution in [0.1, 0.15) is 30.5 Å². The lowest BCUT2D eigenvalue weighted by Gasteiger charge is -2.13. The fourth-order valence-electron chi connectivity index (χ4n) is 1.76. The highest BCUT2D eigenvalue weighted by molar-refractivity contribution is 5.75. The molecular weight excluding hydrogens is 233 g/mol. The van der Waals surface area contributed by atoms with Crippen LogP contribution < -0.4 is 5.32 Å². The Hall–Kier alpha value is -1.42. The van der Waals surface area contributed by atoms with Crippen LogP contribution in [0.25, 0.3) is 0 Å². The third kappa shape index (κ3) is 3.81. The van der Waals surface area contributed by atoms with Gasteiger partial charge in [-0.05, 0) is 44.4 Å². The lowest BCUT2D eigenvalue weighted by molar-refractivity contribution is -0.145. The fraction of sp³-hybridized carbons (Fsp3) is 0.500. The molecule has 0 bridgehead atoms. The third-order valence-electron chi connectivity index (χ3n) is 2.75. The Bertz CT molecular complexity index is 409. The number of esters is 1. The SMILES string of the molecule is CCOC(=O)C(C)NCc1cc(C)c(F)c(C)c1. The molecule has 1 unspecified atom stereocenters. The molecule has 0 aliphatic heterocycles. The quantitative estimate of drug-likeness (QED) is 0.819. The van der Waals surface area contributed by atoms with Crippen molar-refractivity contribution in [3.63, 3.8) is 0 Å². The van der Waals surface area contributed by atoms with Crippen LogP contribution in [0.5, 0.6) is 0 Å². The van der Waals surface area contributed by atoms with E-state index in [0.717, 1.165) is 5.56 Å². The molecule has 0 saturated heterocycles. The summed E-state index contributed by atoms with van der Waals surface area (Å²) < 4.78 is 18.3. The number of aryl methyl sites for hydroxylation is 2. The van der Waals surface area contributed by atoms with Crippen molar-refractivity contribution in [3.8, 4) is 0 Å². The van der Waals surface area contributed by atoms with E-state index in [4.69, 9.17) is 4.74 Å². The van der Waals surface area contributed by atoms with E-state index in [1.54, 1.807) is 39.8 Å². The van der Waals surface area contributed by atoms with Crippen LogP contribution in [-0.4, -0.2) is 18.6 Å². The second-order valence-electron chi connectivity index (χ2n) is 4.40. The molecule has 1 aromatic carbocycles. The summed E-state index contributed by atoms with van der Waals surface area (Å²) in [6.07, 6.45) is 0. The molecule has 1 N–H and O–H groups in total. The maximum atomic E-state index is 13.4. The van der Waals surface area contributed by atoms with Crippen LogP contribution in [0.15, 0.2) is 12.1 Å². The minimum absolute atomic E-state index is 0.169. The largest absolute Gasteiger partial charge is 0.465 e. The van der Waals surface area contributed by atoms with Crippen molar-refractivity contribution >= 4 is 5.97 Å². The summed E-state index contributed by atoms with van der Waals surface area (Å²) in [5, 5.41) is 3.06. The average molecular weight is 253 g/mol. The van der Waals surface area contributed by atoms with Gasteiger partial charge in [-0.3, -0.25) is 4.79 Å². The van der Waals surface area contributed by atoms with Gasteiger partial charge >= 0.3 is 5.97 Å². The van der Waals surface area contributed by atoms with E-state index in [2.05, 4.69) is 5.32 Å². The van der Waals surface area contributed by atoms with Crippen molar-refractivity contribution in [1.82, 2.24) is 5.32 Å². The Morgan fingerprint density at radius 3 is 2.44 bits per heavy atom. The average Bonchev–Trinajstić information content (AvgIpc) is 2.33. The molecule has 0 aliphatic rings. The summed E-state index contributed by atoms with van der Waals surface area (Å²) in [6.45, 7) is 7.89. The number of hydrogen-bond acceptors (Lipinski definition) is 3. The van der Waals surface area contributed by atoms with Gasteiger partial charge in [0.2, 0.25) is 0 Å². The molecule has 0 amide bonds. The number of benzene rings is 1. The van der Waals surface area contributed by atoms with E-state index in [0.29, 0.717) is 24.3 Å². The third-order valence-corrected chi connectivity index (χ3v) is 2.75. The summed E-state index contributed by atoms with van der Waals surface area (Å²) >= 11 is 0. The minimum Gasteiger partial charge on any atom is -0.465 e. The van der Waals surface area contributed by atoms with E-state index in [-0.39, 0.29) is 17.8 Å². The van der Waals surface area contributed by atoms with Gasteiger partial charge in [-0.25, -0.2) is 4.39 Å². The number of carbonyl (C=O) groups excluding carboxylic acids is 1. The molecule has 0 saturated carbocycles. The number of halogens is 1. The van der Waals surface area contributed by atoms with Crippen molar-refractivity contribution in [1.29, 1.82) is 0 Å². The van der Waals surface area contributed by atoms with E-state index < -0.39 is 0 Å². The van der Waals surface area contributed by atoms with Gasteiger partial charge in [0.15, 0.2) is 0 Å². The molecule has 0 aliphatic carbocycles. The van der Waals surface area contributed by atoms with Gasteiger partial charge in [0.1, 0.15) is 11.9 Å². The maximum Gasteiger partial charge on any atom is 0.322 e. The lowest BCUT2D eigenvalue weighted by Crippen LogP contribution is -2.34. The van der Waals surface area contributed by atoms with Crippen molar-refractivity contribution in [3.05, 3.63) is 34.6 Å². The number of carbonyl (C=O) groups is 1. The van der Waals surface area contributed by atoms with Crippen molar-refractivity contribution in [2.75, 3.05) is 6.61 Å². The fourth-order valence-corrected chi connectivity index (χ4v) is 1.76. The van der Waals surface area contributed by atoms with E-state index in [9.17, 15) is 9.18 Å². The molecule has 0 radical (unpaired) electrons. The molecule has 0 fully saturated rings. The zero-order chi connectivity index (χ0) is 13.7. The van der Waals surface area contributed by atoms with Crippen LogP contribution in [0.4, 0.5) is 4.39 Å². The van der Waals surface area contributed by atoms with Crippen LogP contribution in [-0.2, 0) is 16.1 Å². The summed E-state index contributed by atoms with van der Waals surface area (Å²) in [5.74, 6) is -0.440. The lowest BCUT2D eigenvalue weighted by atomic mass is 10.1. The highest BCUT2D eigenvalue weighted by Gasteiger charge is 2.13. The van der Waals surface area contributed by atoms with Crippen molar-refractivity contribution in [2.24, 2.45) is 0 Å². The number of hydrogen-bond donors (Lipinski definition) is 1. The number of rotatable bonds is 5. The first-order valence-corrected chi connectivity index (χ1v) is 6.11. The van der Waals surface area contributed by atoms with Crippen LogP contribution in [0.2, 0.25) is 0 Å². The predicted molar refractivity (Wildman–Crippen MR) is 68.8 cm³/mol. The molecular formula is C14H20FNO2. The Morgan fingerprint density at radius 1 is 1.39 bits per heavy atom. The smallest absolute Gasteiger partial charge is 0.322 e. The van der Waals surface area contributed by atoms with Crippen LogP contribution >= 0.6 is 0 Å². The molecule has 0 spiro atoms. The van der Waals surface area contributed by atoms with Gasteiger partial charge in [-0.15, -0.1) is 0 Å². The molecule has 3 nitrogen and oxygen atoms in total. The van der Waals surface area contributed by atoms with Gasteiger partial charge in [-0.1, -0.05) is 12.1 Å². The Kier molecular flexibility index (Phi) is 5.28. The summed E-state index contributed by atoms with van der Waals surface area (Å²) in [4.78, 5) is 11.4. The van der Waals surface area contributed by atoms with Crippen LogP contribution in [0, 0.1) is 19.7 Å². The van der Waals surface area contributed by atoms with Gasteiger partial charge in [0.25, 0.3) is 0 Å². The van der Waals surface area contributed by atoms with E-state index >= 15 is 0 Å². The van der Waals surface area contributed by atoms with Gasteiger partial charge in [0.05, 0.1) is 6.61 Å². The molecule has 4 heteroatoms. The predicted octanol–water partition coefficient (Wildman–Crippen LogP) is 2.48. The molecule has 1 rings (SSSR count). The second-order valence-corrected chi connectivity index (χ2v) is 4.40. The highest BCUT2D eigenvalue weighted by atomic mass is 19.1. The number of ether oxygens (including phenoxy) is 1. The first-order chi connectivity index (χ1) is 8.45. The summed E-state index contributed by atoms with van der Waals surface area (Å²) in [7, 11) is 0. The monoisotopic (exact) mass is 253 g/mol.